The average molecular weight is 381 g/mol. The third-order valence-corrected chi connectivity index (χ3v) is 2.86. The monoisotopic (exact) mass is 381 g/mol. The Bertz CT molecular complexity index is 452. The number of hydrogen-bond acceptors (Lipinski definition) is 3. The first kappa shape index (κ1) is 14.3. The molecule has 0 aliphatic rings. The highest BCUT2D eigenvalue weighted by atomic mass is 127. The molecule has 0 radical (unpaired) electrons. The van der Waals surface area contributed by atoms with Gasteiger partial charge in [0.1, 0.15) is 5.75 Å². The van der Waals surface area contributed by atoms with E-state index < -0.39 is 23.8 Å². The van der Waals surface area contributed by atoms with Gasteiger partial charge in [0.2, 0.25) is 0 Å². The molecule has 0 aromatic carbocycles. The molecule has 0 unspecified atom stereocenters. The molecule has 0 spiro atoms. The maximum Gasteiger partial charge on any atom is 0.573 e. The van der Waals surface area contributed by atoms with Gasteiger partial charge in [-0.15, -0.1) is 24.8 Å². The molecule has 1 heterocycles. The summed E-state index contributed by atoms with van der Waals surface area (Å²) in [7, 11) is 0. The van der Waals surface area contributed by atoms with E-state index in [1.807, 2.05) is 0 Å². The van der Waals surface area contributed by atoms with Crippen molar-refractivity contribution in [1.82, 2.24) is 4.98 Å². The third kappa shape index (κ3) is 3.87. The molecule has 9 heteroatoms. The normalized spacial score (nSPS) is 11.4. The number of ether oxygens (including phenoxy) is 1. The molecule has 1 rings (SSSR count). The third-order valence-electron chi connectivity index (χ3n) is 1.54. The summed E-state index contributed by atoms with van der Waals surface area (Å²) in [5.74, 6) is -2.29. The highest BCUT2D eigenvalue weighted by molar-refractivity contribution is 14.1. The Kier molecular flexibility index (Phi) is 4.42. The Balaban J connectivity index is 3.29. The van der Waals surface area contributed by atoms with Crippen molar-refractivity contribution in [3.05, 3.63) is 21.0 Å². The molecule has 1 aromatic rings. The number of alkyl halides is 4. The predicted molar refractivity (Wildman–Crippen MR) is 60.2 cm³/mol. The van der Waals surface area contributed by atoms with E-state index in [4.69, 9.17) is 16.7 Å². The number of pyridine rings is 1. The first-order chi connectivity index (χ1) is 7.74. The predicted octanol–water partition coefficient (Wildman–Crippen LogP) is 3.02. The Morgan fingerprint density at radius 1 is 1.59 bits per heavy atom. The van der Waals surface area contributed by atoms with Gasteiger partial charge >= 0.3 is 12.3 Å². The summed E-state index contributed by atoms with van der Waals surface area (Å²) in [6.07, 6.45) is -4.90. The number of rotatable bonds is 3. The minimum Gasteiger partial charge on any atom is -0.476 e. The standard InChI is InChI=1S/C8H4ClF3INO3/c9-2-3-1-4(17-8(10,11)12)5(13)6(14-3)7(15)16/h1H,2H2,(H,15,16). The van der Waals surface area contributed by atoms with Crippen molar-refractivity contribution in [3.63, 3.8) is 0 Å². The second-order valence-electron chi connectivity index (χ2n) is 2.76. The number of aromatic carboxylic acids is 1. The molecule has 0 saturated carbocycles. The number of nitrogens with zero attached hydrogens (tertiary/aromatic N) is 1. The van der Waals surface area contributed by atoms with Gasteiger partial charge in [0.05, 0.1) is 15.1 Å². The Morgan fingerprint density at radius 3 is 2.59 bits per heavy atom. The van der Waals surface area contributed by atoms with Gasteiger partial charge in [-0.2, -0.15) is 0 Å². The molecule has 0 aliphatic carbocycles. The Labute approximate surface area is 112 Å². The molecule has 0 atom stereocenters. The van der Waals surface area contributed by atoms with E-state index in [0.29, 0.717) is 0 Å². The van der Waals surface area contributed by atoms with Crippen molar-refractivity contribution < 1.29 is 27.8 Å². The lowest BCUT2D eigenvalue weighted by Gasteiger charge is -2.12. The molecule has 0 bridgehead atoms. The SMILES string of the molecule is O=C(O)c1nc(CCl)cc(OC(F)(F)F)c1I. The van der Waals surface area contributed by atoms with Crippen LogP contribution in [0.5, 0.6) is 5.75 Å². The molecule has 1 N–H and O–H groups in total. The van der Waals surface area contributed by atoms with Gasteiger partial charge in [-0.1, -0.05) is 0 Å². The van der Waals surface area contributed by atoms with Crippen molar-refractivity contribution in [2.75, 3.05) is 0 Å². The van der Waals surface area contributed by atoms with E-state index in [9.17, 15) is 18.0 Å². The highest BCUT2D eigenvalue weighted by Gasteiger charge is 2.33. The fraction of sp³-hybridized carbons (Fsp3) is 0.250. The molecule has 0 saturated heterocycles. The average Bonchev–Trinajstić information content (AvgIpc) is 2.18. The molecule has 94 valence electrons. The van der Waals surface area contributed by atoms with E-state index in [-0.39, 0.29) is 15.1 Å². The van der Waals surface area contributed by atoms with Crippen LogP contribution in [0.2, 0.25) is 0 Å². The fourth-order valence-corrected chi connectivity index (χ4v) is 1.72. The summed E-state index contributed by atoms with van der Waals surface area (Å²) < 4.78 is 39.7. The van der Waals surface area contributed by atoms with Crippen molar-refractivity contribution in [3.8, 4) is 5.75 Å². The first-order valence-electron chi connectivity index (χ1n) is 3.99. The van der Waals surface area contributed by atoms with E-state index >= 15 is 0 Å². The fourth-order valence-electron chi connectivity index (χ4n) is 0.965. The summed E-state index contributed by atoms with van der Waals surface area (Å²) in [5.41, 5.74) is -0.535. The van der Waals surface area contributed by atoms with Crippen LogP contribution in [0.4, 0.5) is 13.2 Å². The molecular formula is C8H4ClF3INO3. The lowest BCUT2D eigenvalue weighted by atomic mass is 10.3. The zero-order valence-corrected chi connectivity index (χ0v) is 10.8. The number of aromatic nitrogens is 1. The van der Waals surface area contributed by atoms with Gasteiger partial charge in [0, 0.05) is 6.07 Å². The highest BCUT2D eigenvalue weighted by Crippen LogP contribution is 2.30. The van der Waals surface area contributed by atoms with Gasteiger partial charge in [0.15, 0.2) is 5.69 Å². The summed E-state index contributed by atoms with van der Waals surface area (Å²) in [6.45, 7) is 0. The minimum atomic E-state index is -4.90. The van der Waals surface area contributed by atoms with E-state index in [2.05, 4.69) is 9.72 Å². The van der Waals surface area contributed by atoms with Crippen molar-refractivity contribution in [2.24, 2.45) is 0 Å². The van der Waals surface area contributed by atoms with E-state index in [1.165, 1.54) is 22.6 Å². The van der Waals surface area contributed by atoms with Crippen molar-refractivity contribution in [1.29, 1.82) is 0 Å². The molecule has 17 heavy (non-hydrogen) atoms. The van der Waals surface area contributed by atoms with E-state index in [1.54, 1.807) is 0 Å². The first-order valence-corrected chi connectivity index (χ1v) is 5.60. The summed E-state index contributed by atoms with van der Waals surface area (Å²) in [4.78, 5) is 14.4. The summed E-state index contributed by atoms with van der Waals surface area (Å²) >= 11 is 6.82. The molecule has 0 aliphatic heterocycles. The van der Waals surface area contributed by atoms with Crippen LogP contribution in [0, 0.1) is 3.57 Å². The van der Waals surface area contributed by atoms with Crippen LogP contribution in [0.15, 0.2) is 6.07 Å². The van der Waals surface area contributed by atoms with Crippen LogP contribution in [0.3, 0.4) is 0 Å². The lowest BCUT2D eigenvalue weighted by Crippen LogP contribution is -2.19. The van der Waals surface area contributed by atoms with Crippen molar-refractivity contribution >= 4 is 40.2 Å². The summed E-state index contributed by atoms with van der Waals surface area (Å²) in [6, 6.07) is 0.953. The van der Waals surface area contributed by atoms with Crippen LogP contribution in [-0.2, 0) is 5.88 Å². The number of carboxylic acids is 1. The quantitative estimate of drug-likeness (QED) is 0.646. The van der Waals surface area contributed by atoms with Crippen LogP contribution in [0.25, 0.3) is 0 Å². The zero-order chi connectivity index (χ0) is 13.2. The van der Waals surface area contributed by atoms with E-state index in [0.717, 1.165) is 6.07 Å². The summed E-state index contributed by atoms with van der Waals surface area (Å²) in [5, 5.41) is 8.76. The molecule has 1 aromatic heterocycles. The van der Waals surface area contributed by atoms with Crippen LogP contribution in [0.1, 0.15) is 16.2 Å². The lowest BCUT2D eigenvalue weighted by molar-refractivity contribution is -0.275. The maximum atomic E-state index is 12.1. The number of halogens is 5. The smallest absolute Gasteiger partial charge is 0.476 e. The molecule has 0 fully saturated rings. The number of carboxylic acid groups (broad SMARTS) is 1. The molecule has 4 nitrogen and oxygen atoms in total. The Hall–Kier alpha value is -0.770. The molecule has 0 amide bonds. The Morgan fingerprint density at radius 2 is 2.18 bits per heavy atom. The largest absolute Gasteiger partial charge is 0.573 e. The minimum absolute atomic E-state index is 0.0104. The van der Waals surface area contributed by atoms with Crippen molar-refractivity contribution in [2.45, 2.75) is 12.2 Å². The van der Waals surface area contributed by atoms with Gasteiger partial charge in [-0.25, -0.2) is 9.78 Å². The number of carbonyl (C=O) groups is 1. The topological polar surface area (TPSA) is 59.4 Å². The van der Waals surface area contributed by atoms with Crippen LogP contribution >= 0.6 is 34.2 Å². The van der Waals surface area contributed by atoms with Crippen LogP contribution in [-0.4, -0.2) is 22.4 Å². The van der Waals surface area contributed by atoms with Gasteiger partial charge in [-0.05, 0) is 22.6 Å². The van der Waals surface area contributed by atoms with Gasteiger partial charge < -0.3 is 9.84 Å². The number of hydrogen-bond donors (Lipinski definition) is 1. The zero-order valence-electron chi connectivity index (χ0n) is 7.89. The van der Waals surface area contributed by atoms with Gasteiger partial charge in [0.25, 0.3) is 0 Å². The van der Waals surface area contributed by atoms with Gasteiger partial charge in [-0.3, -0.25) is 0 Å². The second-order valence-corrected chi connectivity index (χ2v) is 4.11. The molecular weight excluding hydrogens is 377 g/mol. The van der Waals surface area contributed by atoms with Crippen LogP contribution < -0.4 is 4.74 Å². The second kappa shape index (κ2) is 5.25. The maximum absolute atomic E-state index is 12.1.